The van der Waals surface area contributed by atoms with Crippen molar-refractivity contribution in [3.63, 3.8) is 0 Å². The minimum atomic E-state index is -0.914. The van der Waals surface area contributed by atoms with Crippen LogP contribution in [0.2, 0.25) is 0 Å². The Hall–Kier alpha value is -2.68. The second-order valence-corrected chi connectivity index (χ2v) is 11.4. The van der Waals surface area contributed by atoms with Gasteiger partial charge in [-0.05, 0) is 77.5 Å². The highest BCUT2D eigenvalue weighted by molar-refractivity contribution is 5.81. The van der Waals surface area contributed by atoms with Gasteiger partial charge < -0.3 is 18.9 Å². The topological polar surface area (TPSA) is 91.4 Å². The van der Waals surface area contributed by atoms with Crippen molar-refractivity contribution in [2.45, 2.75) is 103 Å². The Kier molecular flexibility index (Phi) is 10.5. The van der Waals surface area contributed by atoms with Crippen LogP contribution in [0.25, 0.3) is 0 Å². The van der Waals surface area contributed by atoms with E-state index < -0.39 is 35.9 Å². The smallest absolute Gasteiger partial charge is 0.412 e. The zero-order chi connectivity index (χ0) is 27.9. The van der Waals surface area contributed by atoms with E-state index in [-0.39, 0.29) is 30.4 Å². The Bertz CT molecular complexity index is 939. The average molecular weight is 536 g/mol. The first-order chi connectivity index (χ1) is 18.0. The minimum Gasteiger partial charge on any atom is -0.458 e. The number of halogens is 1. The molecule has 2 fully saturated rings. The van der Waals surface area contributed by atoms with Gasteiger partial charge in [-0.3, -0.25) is 9.69 Å². The predicted molar refractivity (Wildman–Crippen MR) is 139 cm³/mol. The van der Waals surface area contributed by atoms with Crippen molar-refractivity contribution in [2.24, 2.45) is 11.8 Å². The SMILES string of the molecule is COCN(C(=O)OC(C)(C)C)[C@H]1CCC[C@H](Cc2ccc(F)cc2)[C@@H](OC(=O)C2CCCC2)[C@H](C)OC1=O. The van der Waals surface area contributed by atoms with Crippen molar-refractivity contribution in [3.8, 4) is 0 Å². The molecule has 38 heavy (non-hydrogen) atoms. The minimum absolute atomic E-state index is 0.137. The van der Waals surface area contributed by atoms with Crippen LogP contribution in [0, 0.1) is 17.7 Å². The average Bonchev–Trinajstić information content (AvgIpc) is 3.39. The molecule has 1 saturated heterocycles. The maximum absolute atomic E-state index is 13.5. The zero-order valence-corrected chi connectivity index (χ0v) is 23.2. The van der Waals surface area contributed by atoms with E-state index in [1.807, 2.05) is 0 Å². The number of hydrogen-bond donors (Lipinski definition) is 0. The molecule has 4 atom stereocenters. The Morgan fingerprint density at radius 3 is 2.32 bits per heavy atom. The van der Waals surface area contributed by atoms with Crippen molar-refractivity contribution in [1.82, 2.24) is 4.90 Å². The maximum atomic E-state index is 13.5. The van der Waals surface area contributed by atoms with Gasteiger partial charge in [-0.25, -0.2) is 14.0 Å². The molecule has 1 heterocycles. The van der Waals surface area contributed by atoms with Gasteiger partial charge in [-0.1, -0.05) is 31.4 Å². The number of carbonyl (C=O) groups is 3. The summed E-state index contributed by atoms with van der Waals surface area (Å²) in [5.41, 5.74) is 0.154. The number of amides is 1. The normalized spacial score (nSPS) is 25.1. The largest absolute Gasteiger partial charge is 0.458 e. The molecule has 0 unspecified atom stereocenters. The van der Waals surface area contributed by atoms with Gasteiger partial charge in [-0.2, -0.15) is 0 Å². The Labute approximate surface area is 225 Å². The van der Waals surface area contributed by atoms with Gasteiger partial charge in [0.05, 0.1) is 5.92 Å². The standard InChI is InChI=1S/C29H42FNO7/c1-19-25(37-26(32)21-9-6-7-10-21)22(17-20-13-15-23(30)16-14-20)11-8-12-24(27(33)36-19)31(18-35-5)28(34)38-29(2,3)4/h13-16,19,21-22,24-25H,6-12,17-18H2,1-5H3/t19-,22+,24-,25-/m0/s1. The van der Waals surface area contributed by atoms with Gasteiger partial charge in [0.15, 0.2) is 0 Å². The Morgan fingerprint density at radius 2 is 1.71 bits per heavy atom. The summed E-state index contributed by atoms with van der Waals surface area (Å²) in [6.07, 6.45) is 3.55. The second-order valence-electron chi connectivity index (χ2n) is 11.4. The summed E-state index contributed by atoms with van der Waals surface area (Å²) in [4.78, 5) is 40.7. The number of rotatable bonds is 7. The van der Waals surface area contributed by atoms with Gasteiger partial charge in [-0.15, -0.1) is 0 Å². The summed E-state index contributed by atoms with van der Waals surface area (Å²) in [5, 5.41) is 0. The number of carbonyl (C=O) groups excluding carboxylic acids is 3. The fourth-order valence-corrected chi connectivity index (χ4v) is 5.31. The molecule has 1 saturated carbocycles. The second kappa shape index (κ2) is 13.4. The summed E-state index contributed by atoms with van der Waals surface area (Å²) in [7, 11) is 1.44. The third-order valence-corrected chi connectivity index (χ3v) is 7.18. The van der Waals surface area contributed by atoms with Gasteiger partial charge in [0.25, 0.3) is 0 Å². The van der Waals surface area contributed by atoms with Crippen LogP contribution < -0.4 is 0 Å². The van der Waals surface area contributed by atoms with Crippen LogP contribution in [0.15, 0.2) is 24.3 Å². The number of nitrogens with zero attached hydrogens (tertiary/aromatic N) is 1. The zero-order valence-electron chi connectivity index (χ0n) is 23.2. The number of methoxy groups -OCH3 is 1. The van der Waals surface area contributed by atoms with Crippen LogP contribution in [0.1, 0.15) is 78.2 Å². The molecular formula is C29H42FNO7. The van der Waals surface area contributed by atoms with Crippen molar-refractivity contribution >= 4 is 18.0 Å². The lowest BCUT2D eigenvalue weighted by atomic mass is 9.86. The van der Waals surface area contributed by atoms with Crippen LogP contribution in [0.4, 0.5) is 9.18 Å². The van der Waals surface area contributed by atoms with Crippen LogP contribution in [0.3, 0.4) is 0 Å². The fourth-order valence-electron chi connectivity index (χ4n) is 5.31. The van der Waals surface area contributed by atoms with E-state index >= 15 is 0 Å². The first kappa shape index (κ1) is 29.9. The van der Waals surface area contributed by atoms with E-state index in [0.29, 0.717) is 25.7 Å². The number of esters is 2. The van der Waals surface area contributed by atoms with Crippen LogP contribution >= 0.6 is 0 Å². The quantitative estimate of drug-likeness (QED) is 0.262. The van der Waals surface area contributed by atoms with Crippen molar-refractivity contribution < 1.29 is 37.7 Å². The summed E-state index contributed by atoms with van der Waals surface area (Å²) in [6, 6.07) is 5.35. The lowest BCUT2D eigenvalue weighted by Crippen LogP contribution is -2.49. The molecule has 8 nitrogen and oxygen atoms in total. The van der Waals surface area contributed by atoms with E-state index in [2.05, 4.69) is 0 Å². The molecule has 0 bridgehead atoms. The molecule has 0 radical (unpaired) electrons. The molecule has 0 aromatic heterocycles. The van der Waals surface area contributed by atoms with E-state index in [0.717, 1.165) is 31.2 Å². The number of benzene rings is 1. The van der Waals surface area contributed by atoms with Crippen molar-refractivity contribution in [3.05, 3.63) is 35.6 Å². The van der Waals surface area contributed by atoms with E-state index in [9.17, 15) is 18.8 Å². The molecule has 0 spiro atoms. The molecule has 9 heteroatoms. The molecule has 1 aromatic carbocycles. The molecule has 1 aromatic rings. The first-order valence-electron chi connectivity index (χ1n) is 13.6. The van der Waals surface area contributed by atoms with Crippen LogP contribution in [-0.4, -0.2) is 60.6 Å². The number of cyclic esters (lactones) is 1. The van der Waals surface area contributed by atoms with E-state index in [1.54, 1.807) is 39.8 Å². The molecule has 3 rings (SSSR count). The molecule has 0 N–H and O–H groups in total. The maximum Gasteiger partial charge on any atom is 0.412 e. The molecule has 1 amide bonds. The number of hydrogen-bond acceptors (Lipinski definition) is 7. The third-order valence-electron chi connectivity index (χ3n) is 7.18. The highest BCUT2D eigenvalue weighted by Gasteiger charge is 2.41. The molecule has 2 aliphatic rings. The highest BCUT2D eigenvalue weighted by atomic mass is 19.1. The molecule has 212 valence electrons. The Morgan fingerprint density at radius 1 is 1.05 bits per heavy atom. The Balaban J connectivity index is 1.86. The van der Waals surface area contributed by atoms with Crippen LogP contribution in [0.5, 0.6) is 0 Å². The summed E-state index contributed by atoms with van der Waals surface area (Å²) in [6.45, 7) is 6.84. The predicted octanol–water partition coefficient (Wildman–Crippen LogP) is 5.41. The number of ether oxygens (including phenoxy) is 4. The molecular weight excluding hydrogens is 493 g/mol. The van der Waals surface area contributed by atoms with Gasteiger partial charge in [0, 0.05) is 13.0 Å². The summed E-state index contributed by atoms with van der Waals surface area (Å²) in [5.74, 6) is -1.48. The van der Waals surface area contributed by atoms with Crippen LogP contribution in [-0.2, 0) is 35.0 Å². The van der Waals surface area contributed by atoms with E-state index in [4.69, 9.17) is 18.9 Å². The fraction of sp³-hybridized carbons (Fsp3) is 0.690. The van der Waals surface area contributed by atoms with Gasteiger partial charge in [0.1, 0.15) is 36.4 Å². The monoisotopic (exact) mass is 535 g/mol. The van der Waals surface area contributed by atoms with Gasteiger partial charge >= 0.3 is 18.0 Å². The highest BCUT2D eigenvalue weighted by Crippen LogP contribution is 2.32. The summed E-state index contributed by atoms with van der Waals surface area (Å²) < 4.78 is 36.2. The van der Waals surface area contributed by atoms with E-state index in [1.165, 1.54) is 24.1 Å². The van der Waals surface area contributed by atoms with Crippen molar-refractivity contribution in [1.29, 1.82) is 0 Å². The summed E-state index contributed by atoms with van der Waals surface area (Å²) >= 11 is 0. The van der Waals surface area contributed by atoms with Gasteiger partial charge in [0.2, 0.25) is 0 Å². The molecule has 1 aliphatic heterocycles. The molecule has 1 aliphatic carbocycles. The lowest BCUT2D eigenvalue weighted by Gasteiger charge is -2.33. The van der Waals surface area contributed by atoms with Crippen molar-refractivity contribution in [2.75, 3.05) is 13.8 Å². The first-order valence-corrected chi connectivity index (χ1v) is 13.6. The lowest BCUT2D eigenvalue weighted by molar-refractivity contribution is -0.176. The third kappa shape index (κ3) is 8.41.